The van der Waals surface area contributed by atoms with E-state index in [-0.39, 0.29) is 5.65 Å². The molecule has 0 spiro atoms. The van der Waals surface area contributed by atoms with E-state index >= 15 is 0 Å². The summed E-state index contributed by atoms with van der Waals surface area (Å²) in [4.78, 5) is 19.2. The van der Waals surface area contributed by atoms with Crippen molar-refractivity contribution in [3.8, 4) is 0 Å². The van der Waals surface area contributed by atoms with Crippen LogP contribution in [0.25, 0.3) is 11.0 Å². The van der Waals surface area contributed by atoms with Crippen molar-refractivity contribution in [3.63, 3.8) is 0 Å². The van der Waals surface area contributed by atoms with Gasteiger partial charge in [-0.15, -0.1) is 0 Å². The van der Waals surface area contributed by atoms with Crippen molar-refractivity contribution in [3.05, 3.63) is 47.7 Å². The first-order valence-corrected chi connectivity index (χ1v) is 8.56. The molecule has 3 heterocycles. The van der Waals surface area contributed by atoms with Crippen molar-refractivity contribution in [2.75, 3.05) is 0 Å². The van der Waals surface area contributed by atoms with Gasteiger partial charge in [-0.25, -0.2) is 23.8 Å². The number of nitrogens with one attached hydrogen (secondary N) is 1. The van der Waals surface area contributed by atoms with Crippen LogP contribution in [0.4, 0.5) is 17.6 Å². The first-order valence-electron chi connectivity index (χ1n) is 7.08. The van der Waals surface area contributed by atoms with Gasteiger partial charge in [0.2, 0.25) is 5.03 Å². The third kappa shape index (κ3) is 3.45. The zero-order valence-corrected chi connectivity index (χ0v) is 14.1. The van der Waals surface area contributed by atoms with Crippen molar-refractivity contribution in [1.82, 2.24) is 24.5 Å². The van der Waals surface area contributed by atoms with Crippen LogP contribution < -0.4 is 4.72 Å². The fourth-order valence-electron chi connectivity index (χ4n) is 2.27. The van der Waals surface area contributed by atoms with Gasteiger partial charge in [-0.3, -0.25) is 4.79 Å². The lowest BCUT2D eigenvalue weighted by Gasteiger charge is -2.07. The van der Waals surface area contributed by atoms with Crippen molar-refractivity contribution in [2.24, 2.45) is 7.05 Å². The number of hydrogen-bond acceptors (Lipinski definition) is 6. The van der Waals surface area contributed by atoms with Gasteiger partial charge in [0.15, 0.2) is 17.2 Å². The maximum atomic E-state index is 13.6. The highest BCUT2D eigenvalue weighted by atomic mass is 32.2. The standard InChI is InChI=1S/C14H9F4N5O3S/c1-23-11-8(10(21-23)14(16,17)18)5-7(6-20-11)12(24)22-27(25,26)13-9(15)3-2-4-19-13/h2-6H,1H3,(H,22,24). The van der Waals surface area contributed by atoms with Gasteiger partial charge in [0, 0.05) is 19.4 Å². The quantitative estimate of drug-likeness (QED) is 0.667. The van der Waals surface area contributed by atoms with Crippen LogP contribution in [-0.2, 0) is 23.2 Å². The van der Waals surface area contributed by atoms with E-state index in [1.54, 1.807) is 4.72 Å². The van der Waals surface area contributed by atoms with Crippen molar-refractivity contribution < 1.29 is 30.8 Å². The number of carbonyl (C=O) groups is 1. The van der Waals surface area contributed by atoms with Crippen LogP contribution >= 0.6 is 0 Å². The average Bonchev–Trinajstić information content (AvgIpc) is 2.91. The van der Waals surface area contributed by atoms with E-state index in [9.17, 15) is 30.8 Å². The summed E-state index contributed by atoms with van der Waals surface area (Å²) >= 11 is 0. The summed E-state index contributed by atoms with van der Waals surface area (Å²) in [7, 11) is -3.45. The van der Waals surface area contributed by atoms with E-state index in [0.29, 0.717) is 0 Å². The number of nitrogens with zero attached hydrogens (tertiary/aromatic N) is 4. The van der Waals surface area contributed by atoms with Crippen LogP contribution in [0.5, 0.6) is 0 Å². The van der Waals surface area contributed by atoms with Crippen LogP contribution in [0.1, 0.15) is 16.1 Å². The molecule has 0 saturated carbocycles. The average molecular weight is 403 g/mol. The molecule has 0 aliphatic rings. The number of aryl methyl sites for hydroxylation is 1. The maximum absolute atomic E-state index is 13.6. The molecule has 0 saturated heterocycles. The first-order chi connectivity index (χ1) is 12.5. The number of halogens is 4. The van der Waals surface area contributed by atoms with Crippen LogP contribution in [0.2, 0.25) is 0 Å². The lowest BCUT2D eigenvalue weighted by molar-refractivity contribution is -0.140. The Balaban J connectivity index is 2.00. The molecule has 142 valence electrons. The molecule has 8 nitrogen and oxygen atoms in total. The molecular weight excluding hydrogens is 394 g/mol. The highest BCUT2D eigenvalue weighted by Crippen LogP contribution is 2.33. The van der Waals surface area contributed by atoms with E-state index in [1.165, 1.54) is 7.05 Å². The molecule has 0 atom stereocenters. The van der Waals surface area contributed by atoms with Gasteiger partial charge in [-0.2, -0.15) is 26.7 Å². The van der Waals surface area contributed by atoms with Crippen molar-refractivity contribution >= 4 is 27.0 Å². The van der Waals surface area contributed by atoms with E-state index in [4.69, 9.17) is 0 Å². The molecule has 1 N–H and O–H groups in total. The molecule has 3 aromatic rings. The summed E-state index contributed by atoms with van der Waals surface area (Å²) in [6.45, 7) is 0. The van der Waals surface area contributed by atoms with Crippen molar-refractivity contribution in [1.29, 1.82) is 0 Å². The Morgan fingerprint density at radius 3 is 2.59 bits per heavy atom. The van der Waals surface area contributed by atoms with Gasteiger partial charge < -0.3 is 0 Å². The Bertz CT molecular complexity index is 1160. The molecular formula is C14H9F4N5O3S. The Morgan fingerprint density at radius 1 is 1.26 bits per heavy atom. The minimum absolute atomic E-state index is 0.155. The number of alkyl halides is 3. The summed E-state index contributed by atoms with van der Waals surface area (Å²) in [5, 5.41) is 1.80. The van der Waals surface area contributed by atoms with Crippen LogP contribution in [0, 0.1) is 5.82 Å². The number of pyridine rings is 2. The third-order valence-corrected chi connectivity index (χ3v) is 4.68. The molecule has 0 aromatic carbocycles. The summed E-state index contributed by atoms with van der Waals surface area (Å²) in [6, 6.07) is 2.78. The second-order valence-electron chi connectivity index (χ2n) is 5.29. The van der Waals surface area contributed by atoms with Crippen LogP contribution in [-0.4, -0.2) is 34.1 Å². The SMILES string of the molecule is Cn1nc(C(F)(F)F)c2cc(C(=O)NS(=O)(=O)c3ncccc3F)cnc21. The fourth-order valence-corrected chi connectivity index (χ4v) is 3.26. The summed E-state index contributed by atoms with van der Waals surface area (Å²) in [5.41, 5.74) is -1.92. The first kappa shape index (κ1) is 18.7. The lowest BCUT2D eigenvalue weighted by Crippen LogP contribution is -2.32. The zero-order valence-electron chi connectivity index (χ0n) is 13.3. The van der Waals surface area contributed by atoms with Gasteiger partial charge in [0.05, 0.1) is 10.9 Å². The predicted octanol–water partition coefficient (Wildman–Crippen LogP) is 1.64. The molecule has 1 amide bonds. The third-order valence-electron chi connectivity index (χ3n) is 3.42. The van der Waals surface area contributed by atoms with Gasteiger partial charge in [-0.05, 0) is 18.2 Å². The fraction of sp³-hybridized carbons (Fsp3) is 0.143. The summed E-state index contributed by atoms with van der Waals surface area (Å²) in [6.07, 6.45) is -2.93. The van der Waals surface area contributed by atoms with Crippen LogP contribution in [0.15, 0.2) is 35.6 Å². The van der Waals surface area contributed by atoms with E-state index < -0.39 is 49.6 Å². The minimum atomic E-state index is -4.81. The number of hydrogen-bond donors (Lipinski definition) is 1. The second kappa shape index (κ2) is 6.26. The zero-order chi connectivity index (χ0) is 20.0. The summed E-state index contributed by atoms with van der Waals surface area (Å²) in [5.74, 6) is -2.50. The predicted molar refractivity (Wildman–Crippen MR) is 82.4 cm³/mol. The van der Waals surface area contributed by atoms with Crippen molar-refractivity contribution in [2.45, 2.75) is 11.2 Å². The van der Waals surface area contributed by atoms with Gasteiger partial charge >= 0.3 is 6.18 Å². The topological polar surface area (TPSA) is 107 Å². The molecule has 3 rings (SSSR count). The molecule has 0 unspecified atom stereocenters. The van der Waals surface area contributed by atoms with E-state index in [0.717, 1.165) is 35.3 Å². The highest BCUT2D eigenvalue weighted by Gasteiger charge is 2.37. The molecule has 0 bridgehead atoms. The smallest absolute Gasteiger partial charge is 0.268 e. The van der Waals surface area contributed by atoms with E-state index in [1.807, 2.05) is 0 Å². The number of carbonyl (C=O) groups excluding carboxylic acids is 1. The monoisotopic (exact) mass is 403 g/mol. The maximum Gasteiger partial charge on any atom is 0.435 e. The van der Waals surface area contributed by atoms with Gasteiger partial charge in [0.25, 0.3) is 15.9 Å². The van der Waals surface area contributed by atoms with E-state index in [2.05, 4.69) is 15.1 Å². The molecule has 3 aromatic heterocycles. The number of amides is 1. The molecule has 0 radical (unpaired) electrons. The van der Waals surface area contributed by atoms with Crippen LogP contribution in [0.3, 0.4) is 0 Å². The largest absolute Gasteiger partial charge is 0.435 e. The van der Waals surface area contributed by atoms with Gasteiger partial charge in [-0.1, -0.05) is 0 Å². The molecule has 13 heteroatoms. The molecule has 27 heavy (non-hydrogen) atoms. The normalized spacial score (nSPS) is 12.3. The Kier molecular flexibility index (Phi) is 4.34. The number of rotatable bonds is 3. The number of fused-ring (bicyclic) bond motifs is 1. The number of aromatic nitrogens is 4. The minimum Gasteiger partial charge on any atom is -0.268 e. The molecule has 0 aliphatic carbocycles. The molecule has 0 fully saturated rings. The number of sulfonamides is 1. The summed E-state index contributed by atoms with van der Waals surface area (Å²) < 4.78 is 79.3. The Labute approximate surface area is 148 Å². The van der Waals surface area contributed by atoms with Gasteiger partial charge in [0.1, 0.15) is 0 Å². The highest BCUT2D eigenvalue weighted by molar-refractivity contribution is 7.90. The Hall–Kier alpha value is -3.09. The Morgan fingerprint density at radius 2 is 1.96 bits per heavy atom. The second-order valence-corrected chi connectivity index (χ2v) is 6.89. The lowest BCUT2D eigenvalue weighted by atomic mass is 10.2. The molecule has 0 aliphatic heterocycles.